The van der Waals surface area contributed by atoms with Gasteiger partial charge >= 0.3 is 0 Å². The number of ether oxygens (including phenoxy) is 4. The fraction of sp³-hybridized carbons (Fsp3) is 0.167. The first kappa shape index (κ1) is 21.5. The van der Waals surface area contributed by atoms with Crippen LogP contribution in [0.1, 0.15) is 11.4 Å². The minimum atomic E-state index is 0.550. The van der Waals surface area contributed by atoms with Gasteiger partial charge in [-0.1, -0.05) is 6.08 Å². The molecule has 0 aliphatic carbocycles. The minimum absolute atomic E-state index is 0.550. The van der Waals surface area contributed by atoms with Gasteiger partial charge in [0.1, 0.15) is 5.75 Å². The van der Waals surface area contributed by atoms with Crippen LogP contribution in [0, 0.1) is 0 Å². The molecule has 0 atom stereocenters. The van der Waals surface area contributed by atoms with Crippen LogP contribution in [0.4, 0.5) is 11.5 Å². The molecule has 2 aromatic heterocycles. The van der Waals surface area contributed by atoms with E-state index in [2.05, 4.69) is 10.3 Å². The highest BCUT2D eigenvalue weighted by atomic mass is 32.1. The number of nitrogens with zero attached hydrogens (tertiary/aromatic N) is 2. The molecule has 0 radical (unpaired) electrons. The molecule has 4 rings (SSSR count). The molecule has 0 bridgehead atoms. The topological polar surface area (TPSA) is 74.7 Å². The molecule has 0 saturated carbocycles. The summed E-state index contributed by atoms with van der Waals surface area (Å²) in [5.74, 6) is 3.85. The first-order chi connectivity index (χ1) is 15.6. The summed E-state index contributed by atoms with van der Waals surface area (Å²) in [7, 11) is 6.41. The lowest BCUT2D eigenvalue weighted by molar-refractivity contribution is 0.324. The van der Waals surface area contributed by atoms with E-state index in [0.29, 0.717) is 23.1 Å². The highest BCUT2D eigenvalue weighted by molar-refractivity contribution is 7.17. The van der Waals surface area contributed by atoms with Crippen molar-refractivity contribution >= 4 is 45.2 Å². The number of thiophene rings is 1. The summed E-state index contributed by atoms with van der Waals surface area (Å²) in [5.41, 5.74) is 2.67. The fourth-order valence-electron chi connectivity index (χ4n) is 3.22. The van der Waals surface area contributed by atoms with Crippen LogP contribution in [0.2, 0.25) is 0 Å². The van der Waals surface area contributed by atoms with Gasteiger partial charge in [0.2, 0.25) is 5.75 Å². The second-order valence-electron chi connectivity index (χ2n) is 6.71. The summed E-state index contributed by atoms with van der Waals surface area (Å²) in [4.78, 5) is 9.39. The lowest BCUT2D eigenvalue weighted by atomic mass is 10.1. The van der Waals surface area contributed by atoms with E-state index < -0.39 is 0 Å². The van der Waals surface area contributed by atoms with Crippen molar-refractivity contribution in [3.63, 3.8) is 0 Å². The summed E-state index contributed by atoms with van der Waals surface area (Å²) < 4.78 is 22.5. The van der Waals surface area contributed by atoms with Crippen molar-refractivity contribution in [2.75, 3.05) is 33.8 Å². The molecule has 2 heterocycles. The van der Waals surface area contributed by atoms with Gasteiger partial charge in [0.15, 0.2) is 23.1 Å². The molecule has 0 spiro atoms. The predicted molar refractivity (Wildman–Crippen MR) is 129 cm³/mol. The second-order valence-corrected chi connectivity index (χ2v) is 7.63. The number of nitrogens with one attached hydrogen (secondary N) is 1. The Morgan fingerprint density at radius 2 is 1.53 bits per heavy atom. The van der Waals surface area contributed by atoms with Crippen molar-refractivity contribution in [2.45, 2.75) is 0 Å². The predicted octanol–water partition coefficient (Wildman–Crippen LogP) is 5.64. The molecule has 1 N–H and O–H groups in total. The van der Waals surface area contributed by atoms with E-state index in [4.69, 9.17) is 23.9 Å². The fourth-order valence-corrected chi connectivity index (χ4v) is 4.00. The smallest absolute Gasteiger partial charge is 0.203 e. The molecule has 0 aliphatic rings. The molecular weight excluding hydrogens is 426 g/mol. The van der Waals surface area contributed by atoms with Gasteiger partial charge in [-0.05, 0) is 59.5 Å². The Labute approximate surface area is 190 Å². The number of hydrogen-bond donors (Lipinski definition) is 1. The second kappa shape index (κ2) is 9.57. The summed E-state index contributed by atoms with van der Waals surface area (Å²) in [6.07, 6.45) is 3.77. The molecule has 4 aromatic rings. The van der Waals surface area contributed by atoms with Gasteiger partial charge in [-0.25, -0.2) is 9.97 Å². The van der Waals surface area contributed by atoms with E-state index in [1.54, 1.807) is 39.8 Å². The van der Waals surface area contributed by atoms with E-state index in [0.717, 1.165) is 33.0 Å². The van der Waals surface area contributed by atoms with Crippen LogP contribution in [-0.4, -0.2) is 38.4 Å². The summed E-state index contributed by atoms with van der Waals surface area (Å²) in [5, 5.41) is 5.39. The minimum Gasteiger partial charge on any atom is -0.497 e. The quantitative estimate of drug-likeness (QED) is 0.373. The SMILES string of the molecule is COc1ccc(Nc2nc(/C=C/c3cc(OC)c(OC)c(OC)c3)nc3ccsc23)cc1. The molecule has 2 aromatic carbocycles. The van der Waals surface area contributed by atoms with E-state index in [1.165, 1.54) is 0 Å². The zero-order valence-electron chi connectivity index (χ0n) is 18.2. The molecule has 0 aliphatic heterocycles. The number of hydrogen-bond acceptors (Lipinski definition) is 8. The van der Waals surface area contributed by atoms with E-state index in [1.807, 2.05) is 60.0 Å². The Bertz CT molecular complexity index is 1230. The van der Waals surface area contributed by atoms with Crippen molar-refractivity contribution in [1.82, 2.24) is 9.97 Å². The number of anilines is 2. The van der Waals surface area contributed by atoms with Crippen LogP contribution in [0.25, 0.3) is 22.4 Å². The van der Waals surface area contributed by atoms with Crippen molar-refractivity contribution in [3.05, 3.63) is 59.2 Å². The Morgan fingerprint density at radius 1 is 0.812 bits per heavy atom. The maximum Gasteiger partial charge on any atom is 0.203 e. The van der Waals surface area contributed by atoms with E-state index in [-0.39, 0.29) is 0 Å². The number of methoxy groups -OCH3 is 4. The standard InChI is InChI=1S/C24H23N3O4S/c1-28-17-8-6-16(7-9-17)25-24-23-18(11-12-32-23)26-21(27-24)10-5-15-13-19(29-2)22(31-4)20(14-15)30-3/h5-14H,1-4H3,(H,25,26,27)/b10-5+. The van der Waals surface area contributed by atoms with Gasteiger partial charge < -0.3 is 24.3 Å². The average Bonchev–Trinajstić information content (AvgIpc) is 3.31. The Morgan fingerprint density at radius 3 is 2.16 bits per heavy atom. The molecule has 164 valence electrons. The molecule has 0 unspecified atom stereocenters. The zero-order chi connectivity index (χ0) is 22.5. The average molecular weight is 450 g/mol. The Balaban J connectivity index is 1.67. The maximum absolute atomic E-state index is 5.43. The third-order valence-corrected chi connectivity index (χ3v) is 5.70. The number of rotatable bonds is 8. The van der Waals surface area contributed by atoms with Crippen molar-refractivity contribution in [2.24, 2.45) is 0 Å². The number of aromatic nitrogens is 2. The molecule has 0 amide bonds. The first-order valence-corrected chi connectivity index (χ1v) is 10.7. The summed E-state index contributed by atoms with van der Waals surface area (Å²) in [6, 6.07) is 13.4. The van der Waals surface area contributed by atoms with Crippen LogP contribution >= 0.6 is 11.3 Å². The molecule has 7 nitrogen and oxygen atoms in total. The third-order valence-electron chi connectivity index (χ3n) is 4.79. The highest BCUT2D eigenvalue weighted by Crippen LogP contribution is 2.38. The third kappa shape index (κ3) is 4.45. The molecule has 0 fully saturated rings. The number of benzene rings is 2. The Hall–Kier alpha value is -3.78. The zero-order valence-corrected chi connectivity index (χ0v) is 19.0. The van der Waals surface area contributed by atoms with Crippen molar-refractivity contribution < 1.29 is 18.9 Å². The van der Waals surface area contributed by atoms with Crippen LogP contribution in [0.5, 0.6) is 23.0 Å². The van der Waals surface area contributed by atoms with Crippen LogP contribution in [0.3, 0.4) is 0 Å². The first-order valence-electron chi connectivity index (χ1n) is 9.79. The van der Waals surface area contributed by atoms with E-state index >= 15 is 0 Å². The largest absolute Gasteiger partial charge is 0.497 e. The van der Waals surface area contributed by atoms with Gasteiger partial charge in [-0.2, -0.15) is 0 Å². The van der Waals surface area contributed by atoms with Crippen LogP contribution in [0.15, 0.2) is 47.8 Å². The molecule has 0 saturated heterocycles. The maximum atomic E-state index is 5.43. The number of fused-ring (bicyclic) bond motifs is 1. The van der Waals surface area contributed by atoms with Crippen molar-refractivity contribution in [3.8, 4) is 23.0 Å². The van der Waals surface area contributed by atoms with Gasteiger partial charge in [-0.3, -0.25) is 0 Å². The van der Waals surface area contributed by atoms with Crippen LogP contribution in [-0.2, 0) is 0 Å². The van der Waals surface area contributed by atoms with Gasteiger partial charge in [0.05, 0.1) is 38.7 Å². The van der Waals surface area contributed by atoms with Crippen LogP contribution < -0.4 is 24.3 Å². The Kier molecular flexibility index (Phi) is 6.42. The van der Waals surface area contributed by atoms with Gasteiger partial charge in [-0.15, -0.1) is 11.3 Å². The van der Waals surface area contributed by atoms with E-state index in [9.17, 15) is 0 Å². The van der Waals surface area contributed by atoms with Crippen molar-refractivity contribution in [1.29, 1.82) is 0 Å². The normalized spacial score (nSPS) is 11.0. The molecule has 8 heteroatoms. The summed E-state index contributed by atoms with van der Waals surface area (Å²) in [6.45, 7) is 0. The van der Waals surface area contributed by atoms with Gasteiger partial charge in [0, 0.05) is 5.69 Å². The van der Waals surface area contributed by atoms with Gasteiger partial charge in [0.25, 0.3) is 0 Å². The molecule has 32 heavy (non-hydrogen) atoms. The summed E-state index contributed by atoms with van der Waals surface area (Å²) >= 11 is 1.59. The molecular formula is C24H23N3O4S. The highest BCUT2D eigenvalue weighted by Gasteiger charge is 2.13. The lowest BCUT2D eigenvalue weighted by Crippen LogP contribution is -1.98. The monoisotopic (exact) mass is 449 g/mol. The lowest BCUT2D eigenvalue weighted by Gasteiger charge is -2.12.